The Bertz CT molecular complexity index is 316. The van der Waals surface area contributed by atoms with Crippen LogP contribution in [0.5, 0.6) is 0 Å². The number of likely N-dealkylation sites (tertiary alicyclic amines) is 1. The van der Waals surface area contributed by atoms with Crippen LogP contribution >= 0.6 is 0 Å². The topological polar surface area (TPSA) is 49.4 Å². The number of piperidine rings is 1. The van der Waals surface area contributed by atoms with E-state index in [2.05, 4.69) is 33.0 Å². The molecule has 0 radical (unpaired) electrons. The Balaban J connectivity index is 2.39. The summed E-state index contributed by atoms with van der Waals surface area (Å²) < 4.78 is 0. The Morgan fingerprint density at radius 2 is 1.70 bits per heavy atom. The normalized spacial score (nSPS) is 16.8. The molecule has 1 fully saturated rings. The lowest BCUT2D eigenvalue weighted by Crippen LogP contribution is -2.45. The van der Waals surface area contributed by atoms with E-state index in [0.29, 0.717) is 5.92 Å². The van der Waals surface area contributed by atoms with Gasteiger partial charge in [-0.3, -0.25) is 9.59 Å². The number of carbonyl (C=O) groups is 2. The lowest BCUT2D eigenvalue weighted by Gasteiger charge is -2.33. The first-order chi connectivity index (χ1) is 9.49. The van der Waals surface area contributed by atoms with E-state index in [1.165, 1.54) is 0 Å². The van der Waals surface area contributed by atoms with Crippen LogP contribution in [-0.2, 0) is 9.59 Å². The fraction of sp³-hybridized carbons (Fsp3) is 0.875. The minimum Gasteiger partial charge on any atom is -0.356 e. The lowest BCUT2D eigenvalue weighted by atomic mass is 9.93. The molecule has 0 aromatic carbocycles. The highest BCUT2D eigenvalue weighted by molar-refractivity contribution is 5.81. The smallest absolute Gasteiger partial charge is 0.225 e. The summed E-state index contributed by atoms with van der Waals surface area (Å²) in [5, 5.41) is 3.00. The Morgan fingerprint density at radius 1 is 1.15 bits per heavy atom. The molecule has 2 amide bonds. The Labute approximate surface area is 123 Å². The predicted molar refractivity (Wildman–Crippen MR) is 81.2 cm³/mol. The van der Waals surface area contributed by atoms with Crippen molar-refractivity contribution in [1.29, 1.82) is 0 Å². The summed E-state index contributed by atoms with van der Waals surface area (Å²) >= 11 is 0. The third-order valence-electron chi connectivity index (χ3n) is 4.20. The third kappa shape index (κ3) is 4.80. The first kappa shape index (κ1) is 17.0. The van der Waals surface area contributed by atoms with Crippen molar-refractivity contribution < 1.29 is 9.59 Å². The van der Waals surface area contributed by atoms with Crippen molar-refractivity contribution in [3.05, 3.63) is 0 Å². The van der Waals surface area contributed by atoms with Gasteiger partial charge in [0.05, 0.1) is 0 Å². The van der Waals surface area contributed by atoms with Gasteiger partial charge >= 0.3 is 0 Å². The van der Waals surface area contributed by atoms with Gasteiger partial charge in [0.15, 0.2) is 0 Å². The molecule has 0 unspecified atom stereocenters. The van der Waals surface area contributed by atoms with Crippen molar-refractivity contribution in [3.63, 3.8) is 0 Å². The number of amides is 2. The monoisotopic (exact) mass is 282 g/mol. The number of hydrogen-bond acceptors (Lipinski definition) is 2. The molecule has 1 aliphatic rings. The molecule has 0 aromatic heterocycles. The van der Waals surface area contributed by atoms with Crippen LogP contribution in [0.15, 0.2) is 0 Å². The summed E-state index contributed by atoms with van der Waals surface area (Å²) in [5.41, 5.74) is 0. The summed E-state index contributed by atoms with van der Waals surface area (Å²) in [6.45, 7) is 10.5. The highest BCUT2D eigenvalue weighted by Crippen LogP contribution is 2.21. The van der Waals surface area contributed by atoms with Crippen molar-refractivity contribution in [2.24, 2.45) is 17.8 Å². The maximum atomic E-state index is 12.3. The molecular formula is C16H30N2O2. The van der Waals surface area contributed by atoms with E-state index in [0.717, 1.165) is 45.3 Å². The number of carbonyl (C=O) groups excluding carboxylic acids is 2. The van der Waals surface area contributed by atoms with Gasteiger partial charge in [-0.15, -0.1) is 0 Å². The van der Waals surface area contributed by atoms with Gasteiger partial charge in [-0.05, 0) is 31.6 Å². The van der Waals surface area contributed by atoms with Gasteiger partial charge in [0, 0.05) is 31.5 Å². The quantitative estimate of drug-likeness (QED) is 0.813. The number of nitrogens with one attached hydrogen (secondary N) is 1. The van der Waals surface area contributed by atoms with Crippen LogP contribution in [-0.4, -0.2) is 36.3 Å². The zero-order valence-electron chi connectivity index (χ0n) is 13.4. The molecule has 0 bridgehead atoms. The van der Waals surface area contributed by atoms with E-state index in [1.807, 2.05) is 4.90 Å². The van der Waals surface area contributed by atoms with E-state index in [-0.39, 0.29) is 23.7 Å². The van der Waals surface area contributed by atoms with E-state index < -0.39 is 0 Å². The Hall–Kier alpha value is -1.06. The highest BCUT2D eigenvalue weighted by atomic mass is 16.2. The number of nitrogens with zero attached hydrogens (tertiary/aromatic N) is 1. The average Bonchev–Trinajstić information content (AvgIpc) is 2.46. The molecule has 0 aliphatic carbocycles. The minimum absolute atomic E-state index is 0.0829. The lowest BCUT2D eigenvalue weighted by molar-refractivity contribution is -0.139. The van der Waals surface area contributed by atoms with Crippen molar-refractivity contribution in [2.45, 2.75) is 53.4 Å². The molecular weight excluding hydrogens is 252 g/mol. The van der Waals surface area contributed by atoms with Crippen LogP contribution in [0.25, 0.3) is 0 Å². The van der Waals surface area contributed by atoms with Crippen LogP contribution in [0.1, 0.15) is 53.4 Å². The Kier molecular flexibility index (Phi) is 7.03. The molecule has 0 spiro atoms. The molecule has 116 valence electrons. The number of hydrogen-bond donors (Lipinski definition) is 1. The van der Waals surface area contributed by atoms with Crippen molar-refractivity contribution >= 4 is 11.8 Å². The van der Waals surface area contributed by atoms with Crippen molar-refractivity contribution in [2.75, 3.05) is 19.6 Å². The summed E-state index contributed by atoms with van der Waals surface area (Å²) in [5.74, 6) is 1.15. The second-order valence-electron chi connectivity index (χ2n) is 6.25. The molecule has 4 nitrogen and oxygen atoms in total. The molecule has 1 heterocycles. The van der Waals surface area contributed by atoms with E-state index in [4.69, 9.17) is 0 Å². The van der Waals surface area contributed by atoms with Crippen LogP contribution in [0, 0.1) is 17.8 Å². The van der Waals surface area contributed by atoms with Crippen LogP contribution in [0.2, 0.25) is 0 Å². The third-order valence-corrected chi connectivity index (χ3v) is 4.20. The van der Waals surface area contributed by atoms with E-state index >= 15 is 0 Å². The van der Waals surface area contributed by atoms with Gasteiger partial charge in [0.1, 0.15) is 0 Å². The molecule has 1 saturated heterocycles. The maximum absolute atomic E-state index is 12.3. The molecule has 0 aromatic rings. The molecule has 1 aliphatic heterocycles. The maximum Gasteiger partial charge on any atom is 0.225 e. The van der Waals surface area contributed by atoms with Crippen molar-refractivity contribution in [1.82, 2.24) is 10.2 Å². The minimum atomic E-state index is 0.0829. The summed E-state index contributed by atoms with van der Waals surface area (Å²) in [6.07, 6.45) is 3.42. The van der Waals surface area contributed by atoms with Gasteiger partial charge in [-0.1, -0.05) is 27.7 Å². The van der Waals surface area contributed by atoms with E-state index in [1.54, 1.807) is 0 Å². The molecule has 4 heteroatoms. The molecule has 20 heavy (non-hydrogen) atoms. The molecule has 0 atom stereocenters. The van der Waals surface area contributed by atoms with Crippen molar-refractivity contribution in [3.8, 4) is 0 Å². The predicted octanol–water partition coefficient (Wildman–Crippen LogP) is 2.43. The van der Waals surface area contributed by atoms with Gasteiger partial charge in [0.25, 0.3) is 0 Å². The largest absolute Gasteiger partial charge is 0.356 e. The van der Waals surface area contributed by atoms with Gasteiger partial charge in [0.2, 0.25) is 11.8 Å². The fourth-order valence-corrected chi connectivity index (χ4v) is 2.71. The second kappa shape index (κ2) is 8.28. The van der Waals surface area contributed by atoms with Gasteiger partial charge < -0.3 is 10.2 Å². The first-order valence-corrected chi connectivity index (χ1v) is 8.06. The highest BCUT2D eigenvalue weighted by Gasteiger charge is 2.29. The van der Waals surface area contributed by atoms with Crippen LogP contribution in [0.3, 0.4) is 0 Å². The molecule has 1 N–H and O–H groups in total. The van der Waals surface area contributed by atoms with E-state index in [9.17, 15) is 9.59 Å². The second-order valence-corrected chi connectivity index (χ2v) is 6.25. The van der Waals surface area contributed by atoms with Crippen LogP contribution in [0.4, 0.5) is 0 Å². The van der Waals surface area contributed by atoms with Gasteiger partial charge in [-0.25, -0.2) is 0 Å². The standard InChI is InChI=1S/C16H30N2O2/c1-5-13(6-2)16(20)18-9-7-14(8-10-18)15(19)17-11-12(3)4/h12-14H,5-11H2,1-4H3,(H,17,19). The fourth-order valence-electron chi connectivity index (χ4n) is 2.71. The SMILES string of the molecule is CCC(CC)C(=O)N1CCC(C(=O)NCC(C)C)CC1. The van der Waals surface area contributed by atoms with Crippen LogP contribution < -0.4 is 5.32 Å². The van der Waals surface area contributed by atoms with Gasteiger partial charge in [-0.2, -0.15) is 0 Å². The first-order valence-electron chi connectivity index (χ1n) is 8.06. The zero-order valence-corrected chi connectivity index (χ0v) is 13.4. The molecule has 0 saturated carbocycles. The average molecular weight is 282 g/mol. The summed E-state index contributed by atoms with van der Waals surface area (Å²) in [6, 6.07) is 0. The Morgan fingerprint density at radius 3 is 2.15 bits per heavy atom. The summed E-state index contributed by atoms with van der Waals surface area (Å²) in [7, 11) is 0. The summed E-state index contributed by atoms with van der Waals surface area (Å²) in [4.78, 5) is 26.2. The molecule has 1 rings (SSSR count). The number of rotatable bonds is 6. The zero-order chi connectivity index (χ0) is 15.1.